The Hall–Kier alpha value is -2.99. The number of hydrogen-bond donors (Lipinski definition) is 1. The van der Waals surface area contributed by atoms with Gasteiger partial charge in [-0.25, -0.2) is 4.98 Å². The Bertz CT molecular complexity index is 996. The molecule has 3 aromatic rings. The maximum Gasteiger partial charge on any atom is 0.158 e. The molecule has 0 saturated carbocycles. The fourth-order valence-electron chi connectivity index (χ4n) is 3.11. The van der Waals surface area contributed by atoms with Gasteiger partial charge in [0.15, 0.2) is 5.82 Å². The van der Waals surface area contributed by atoms with Crippen molar-refractivity contribution in [3.63, 3.8) is 0 Å². The second-order valence-corrected chi connectivity index (χ2v) is 7.44. The Morgan fingerprint density at radius 1 is 1.24 bits per heavy atom. The minimum Gasteiger partial charge on any atom is -0.372 e. The third kappa shape index (κ3) is 4.90. The van der Waals surface area contributed by atoms with E-state index in [0.29, 0.717) is 10.8 Å². The summed E-state index contributed by atoms with van der Waals surface area (Å²) in [7, 11) is 5.92. The zero-order valence-electron chi connectivity index (χ0n) is 17.4. The molecule has 0 radical (unpaired) electrons. The van der Waals surface area contributed by atoms with E-state index in [1.807, 2.05) is 55.5 Å². The molecule has 0 fully saturated rings. The number of nitrogens with one attached hydrogen (secondary N) is 1. The van der Waals surface area contributed by atoms with Crippen molar-refractivity contribution in [1.29, 1.82) is 0 Å². The Labute approximate surface area is 177 Å². The van der Waals surface area contributed by atoms with E-state index in [1.54, 1.807) is 10.9 Å². The summed E-state index contributed by atoms with van der Waals surface area (Å²) >= 11 is 6.18. The molecule has 2 aromatic heterocycles. The number of aryl methyl sites for hydroxylation is 1. The maximum absolute atomic E-state index is 6.18. The number of benzene rings is 1. The van der Waals surface area contributed by atoms with Crippen molar-refractivity contribution in [2.45, 2.75) is 13.3 Å². The average molecular weight is 411 g/mol. The molecule has 0 spiro atoms. The fraction of sp³-hybridized carbons (Fsp3) is 0.273. The summed E-state index contributed by atoms with van der Waals surface area (Å²) in [5, 5.41) is 8.18. The lowest BCUT2D eigenvalue weighted by Gasteiger charge is -2.28. The van der Waals surface area contributed by atoms with Crippen molar-refractivity contribution in [3.8, 4) is 11.3 Å². The van der Waals surface area contributed by atoms with Crippen LogP contribution in [0.2, 0.25) is 5.02 Å². The van der Waals surface area contributed by atoms with E-state index in [4.69, 9.17) is 16.6 Å². The van der Waals surface area contributed by atoms with E-state index < -0.39 is 0 Å². The number of anilines is 3. The molecule has 1 N–H and O–H groups in total. The molecule has 0 aliphatic rings. The van der Waals surface area contributed by atoms with Gasteiger partial charge < -0.3 is 15.1 Å². The van der Waals surface area contributed by atoms with Gasteiger partial charge in [0.1, 0.15) is 5.82 Å². The van der Waals surface area contributed by atoms with Crippen LogP contribution >= 0.6 is 11.6 Å². The van der Waals surface area contributed by atoms with Gasteiger partial charge >= 0.3 is 0 Å². The van der Waals surface area contributed by atoms with Gasteiger partial charge in [-0.2, -0.15) is 5.10 Å². The van der Waals surface area contributed by atoms with Crippen LogP contribution in [-0.4, -0.2) is 35.4 Å². The normalized spacial score (nSPS) is 10.7. The molecule has 0 amide bonds. The highest BCUT2D eigenvalue weighted by Gasteiger charge is 2.17. The molecule has 29 heavy (non-hydrogen) atoms. The summed E-state index contributed by atoms with van der Waals surface area (Å²) in [5.41, 5.74) is 3.74. The smallest absolute Gasteiger partial charge is 0.158 e. The van der Waals surface area contributed by atoms with Gasteiger partial charge in [-0.05, 0) is 30.7 Å². The molecule has 0 unspecified atom stereocenters. The lowest BCUT2D eigenvalue weighted by Crippen LogP contribution is -2.27. The fourth-order valence-corrected chi connectivity index (χ4v) is 3.30. The monoisotopic (exact) mass is 410 g/mol. The number of pyridine rings is 1. The molecule has 0 bridgehead atoms. The summed E-state index contributed by atoms with van der Waals surface area (Å²) in [4.78, 5) is 9.13. The summed E-state index contributed by atoms with van der Waals surface area (Å²) in [6.07, 6.45) is 4.71. The topological polar surface area (TPSA) is 49.2 Å². The maximum atomic E-state index is 6.18. The van der Waals surface area contributed by atoms with Crippen LogP contribution in [0.5, 0.6) is 0 Å². The van der Waals surface area contributed by atoms with Gasteiger partial charge in [-0.15, -0.1) is 0 Å². The van der Waals surface area contributed by atoms with Gasteiger partial charge in [0.05, 0.1) is 23.3 Å². The van der Waals surface area contributed by atoms with Crippen LogP contribution in [0.1, 0.15) is 13.3 Å². The van der Waals surface area contributed by atoms with Gasteiger partial charge in [-0.3, -0.25) is 4.68 Å². The van der Waals surface area contributed by atoms with Crippen molar-refractivity contribution < 1.29 is 0 Å². The van der Waals surface area contributed by atoms with E-state index in [-0.39, 0.29) is 0 Å². The number of hydrogen-bond acceptors (Lipinski definition) is 5. The Kier molecular flexibility index (Phi) is 6.44. The van der Waals surface area contributed by atoms with Crippen molar-refractivity contribution in [3.05, 3.63) is 66.2 Å². The van der Waals surface area contributed by atoms with Gasteiger partial charge in [0, 0.05) is 44.5 Å². The largest absolute Gasteiger partial charge is 0.372 e. The lowest BCUT2D eigenvalue weighted by molar-refractivity contribution is 0.768. The summed E-state index contributed by atoms with van der Waals surface area (Å²) < 4.78 is 1.74. The number of aromatic nitrogens is 3. The molecule has 0 aliphatic carbocycles. The molecular weight excluding hydrogens is 384 g/mol. The van der Waals surface area contributed by atoms with Crippen LogP contribution in [0, 0.1) is 0 Å². The quantitative estimate of drug-likeness (QED) is 0.566. The molecule has 3 rings (SSSR count). The van der Waals surface area contributed by atoms with Crippen LogP contribution in [0.3, 0.4) is 0 Å². The molecule has 6 nitrogen and oxygen atoms in total. The van der Waals surface area contributed by atoms with Crippen molar-refractivity contribution >= 4 is 28.8 Å². The Morgan fingerprint density at radius 2 is 2.03 bits per heavy atom. The Balaban J connectivity index is 1.97. The second-order valence-electron chi connectivity index (χ2n) is 7.00. The van der Waals surface area contributed by atoms with Crippen LogP contribution in [0.15, 0.2) is 61.2 Å². The molecule has 0 saturated heterocycles. The second kappa shape index (κ2) is 9.01. The highest BCUT2D eigenvalue weighted by atomic mass is 35.5. The van der Waals surface area contributed by atoms with Gasteiger partial charge in [0.25, 0.3) is 0 Å². The average Bonchev–Trinajstić information content (AvgIpc) is 3.11. The standard InChI is InChI=1S/C22H27ClN6/c1-6-12-27(3)21-11-10-20(17-8-7-9-18(23)13-17)26-22(21)29(5)16(2)25-19-14-24-28(4)15-19/h7-11,13-15,25H,2,6,12H2,1,3-5H3. The predicted molar refractivity (Wildman–Crippen MR) is 123 cm³/mol. The van der Waals surface area contributed by atoms with Crippen LogP contribution in [0.4, 0.5) is 17.2 Å². The summed E-state index contributed by atoms with van der Waals surface area (Å²) in [6, 6.07) is 11.9. The van der Waals surface area contributed by atoms with E-state index in [9.17, 15) is 0 Å². The number of nitrogens with zero attached hydrogens (tertiary/aromatic N) is 5. The first-order valence-corrected chi connectivity index (χ1v) is 9.93. The zero-order valence-corrected chi connectivity index (χ0v) is 18.1. The first-order valence-electron chi connectivity index (χ1n) is 9.55. The van der Waals surface area contributed by atoms with Gasteiger partial charge in [-0.1, -0.05) is 37.2 Å². The van der Waals surface area contributed by atoms with E-state index in [1.165, 1.54) is 0 Å². The van der Waals surface area contributed by atoms with Crippen LogP contribution in [0.25, 0.3) is 11.3 Å². The SMILES string of the molecule is C=C(Nc1cnn(C)c1)N(C)c1nc(-c2cccc(Cl)c2)ccc1N(C)CCC. The molecule has 152 valence electrons. The van der Waals surface area contributed by atoms with Crippen molar-refractivity contribution in [2.75, 3.05) is 35.8 Å². The molecule has 7 heteroatoms. The van der Waals surface area contributed by atoms with Crippen molar-refractivity contribution in [1.82, 2.24) is 14.8 Å². The minimum atomic E-state index is 0.689. The first kappa shape index (κ1) is 20.7. The molecule has 0 aliphatic heterocycles. The predicted octanol–water partition coefficient (Wildman–Crippen LogP) is 5.00. The van der Waals surface area contributed by atoms with Crippen LogP contribution in [-0.2, 0) is 7.05 Å². The van der Waals surface area contributed by atoms with E-state index in [2.05, 4.69) is 41.9 Å². The third-order valence-corrected chi connectivity index (χ3v) is 4.90. The third-order valence-electron chi connectivity index (χ3n) is 4.66. The molecule has 2 heterocycles. The molecular formula is C22H27ClN6. The lowest BCUT2D eigenvalue weighted by atomic mass is 10.1. The van der Waals surface area contributed by atoms with Gasteiger partial charge in [0.2, 0.25) is 0 Å². The zero-order chi connectivity index (χ0) is 21.0. The van der Waals surface area contributed by atoms with E-state index in [0.717, 1.165) is 41.4 Å². The Morgan fingerprint density at radius 3 is 2.69 bits per heavy atom. The minimum absolute atomic E-state index is 0.689. The highest BCUT2D eigenvalue weighted by molar-refractivity contribution is 6.30. The van der Waals surface area contributed by atoms with Crippen LogP contribution < -0.4 is 15.1 Å². The number of halogens is 1. The molecule has 0 atom stereocenters. The van der Waals surface area contributed by atoms with E-state index >= 15 is 0 Å². The highest BCUT2D eigenvalue weighted by Crippen LogP contribution is 2.32. The first-order chi connectivity index (χ1) is 13.9. The van der Waals surface area contributed by atoms with Crippen molar-refractivity contribution in [2.24, 2.45) is 7.05 Å². The molecule has 1 aromatic carbocycles. The summed E-state index contributed by atoms with van der Waals surface area (Å²) in [6.45, 7) is 7.29. The summed E-state index contributed by atoms with van der Waals surface area (Å²) in [5.74, 6) is 1.53. The number of rotatable bonds is 8.